The Morgan fingerprint density at radius 2 is 1.90 bits per heavy atom. The van der Waals surface area contributed by atoms with Crippen LogP contribution in [0.1, 0.15) is 49.9 Å². The van der Waals surface area contributed by atoms with Gasteiger partial charge in [-0.2, -0.15) is 4.98 Å². The second-order valence-electron chi connectivity index (χ2n) is 5.77. The molecule has 1 heterocycles. The first-order chi connectivity index (χ1) is 9.67. The molecule has 0 bridgehead atoms. The van der Waals surface area contributed by atoms with E-state index < -0.39 is 0 Å². The lowest BCUT2D eigenvalue weighted by Crippen LogP contribution is -2.27. The predicted octanol–water partition coefficient (Wildman–Crippen LogP) is 2.86. The summed E-state index contributed by atoms with van der Waals surface area (Å²) in [5.74, 6) is 1.78. The molecule has 0 aliphatic heterocycles. The van der Waals surface area contributed by atoms with Crippen LogP contribution in [-0.4, -0.2) is 23.2 Å². The summed E-state index contributed by atoms with van der Waals surface area (Å²) >= 11 is 0. The molecule has 0 spiro atoms. The summed E-state index contributed by atoms with van der Waals surface area (Å²) < 4.78 is 5.50. The number of likely N-dealkylation sites (N-methyl/N-ethyl adjacent to an activating group) is 1. The van der Waals surface area contributed by atoms with E-state index in [1.54, 1.807) is 0 Å². The molecule has 1 aliphatic rings. The number of hydrogen-bond acceptors (Lipinski definition) is 4. The monoisotopic (exact) mass is 271 g/mol. The average Bonchev–Trinajstić information content (AvgIpc) is 3.17. The van der Waals surface area contributed by atoms with Gasteiger partial charge >= 0.3 is 0 Å². The quantitative estimate of drug-likeness (QED) is 0.908. The van der Waals surface area contributed by atoms with Gasteiger partial charge in [0.1, 0.15) is 0 Å². The fourth-order valence-corrected chi connectivity index (χ4v) is 2.60. The maximum Gasteiger partial charge on any atom is 0.231 e. The topological polar surface area (TPSA) is 51.0 Å². The van der Waals surface area contributed by atoms with E-state index in [0.29, 0.717) is 6.04 Å². The molecule has 0 saturated heterocycles. The Balaban J connectivity index is 1.88. The molecule has 2 aromatic rings. The molecule has 3 rings (SSSR count). The molecule has 1 fully saturated rings. The average molecular weight is 271 g/mol. The highest BCUT2D eigenvalue weighted by Crippen LogP contribution is 2.52. The zero-order valence-electron chi connectivity index (χ0n) is 12.3. The molecular formula is C16H21N3O. The van der Waals surface area contributed by atoms with Crippen molar-refractivity contribution in [2.24, 2.45) is 0 Å². The third-order valence-corrected chi connectivity index (χ3v) is 4.54. The second kappa shape index (κ2) is 5.02. The van der Waals surface area contributed by atoms with Gasteiger partial charge in [0.15, 0.2) is 5.82 Å². The molecule has 1 saturated carbocycles. The Hall–Kier alpha value is -1.68. The molecule has 0 amide bonds. The normalized spacial score (nSPS) is 19.6. The van der Waals surface area contributed by atoms with Crippen LogP contribution in [0.15, 0.2) is 34.9 Å². The fourth-order valence-electron chi connectivity index (χ4n) is 2.60. The lowest BCUT2D eigenvalue weighted by atomic mass is 9.95. The highest BCUT2D eigenvalue weighted by Gasteiger charge is 2.50. The summed E-state index contributed by atoms with van der Waals surface area (Å²) in [6.45, 7) is 4.24. The van der Waals surface area contributed by atoms with Gasteiger partial charge in [0.05, 0.1) is 11.3 Å². The molecule has 2 atom stereocenters. The minimum absolute atomic E-state index is 0.00832. The van der Waals surface area contributed by atoms with Crippen molar-refractivity contribution in [3.05, 3.63) is 47.6 Å². The minimum Gasteiger partial charge on any atom is -0.339 e. The Labute approximate surface area is 119 Å². The third kappa shape index (κ3) is 2.14. The molecule has 4 heteroatoms. The highest BCUT2D eigenvalue weighted by atomic mass is 16.5. The van der Waals surface area contributed by atoms with Gasteiger partial charge in [0.2, 0.25) is 5.89 Å². The van der Waals surface area contributed by atoms with Gasteiger partial charge in [0.25, 0.3) is 0 Å². The van der Waals surface area contributed by atoms with Gasteiger partial charge in [-0.1, -0.05) is 42.4 Å². The van der Waals surface area contributed by atoms with Gasteiger partial charge in [-0.15, -0.1) is 0 Å². The first-order valence-corrected chi connectivity index (χ1v) is 7.24. The van der Waals surface area contributed by atoms with Crippen LogP contribution in [-0.2, 0) is 5.41 Å². The summed E-state index contributed by atoms with van der Waals surface area (Å²) in [5, 5.41) is 7.48. The zero-order valence-corrected chi connectivity index (χ0v) is 12.3. The molecule has 1 aliphatic carbocycles. The van der Waals surface area contributed by atoms with Crippen molar-refractivity contribution in [3.8, 4) is 0 Å². The zero-order chi connectivity index (χ0) is 14.2. The standard InChI is InChI=1S/C16H21N3O/c1-11(12(2)17-3)14-18-15(19-20-14)16(9-10-16)13-7-5-4-6-8-13/h4-8,11-12,17H,9-10H2,1-3H3. The van der Waals surface area contributed by atoms with Gasteiger partial charge in [-0.3, -0.25) is 0 Å². The maximum absolute atomic E-state index is 5.50. The number of rotatable bonds is 5. The molecule has 1 aromatic carbocycles. The van der Waals surface area contributed by atoms with Crippen molar-refractivity contribution in [1.29, 1.82) is 0 Å². The van der Waals surface area contributed by atoms with E-state index >= 15 is 0 Å². The van der Waals surface area contributed by atoms with E-state index in [-0.39, 0.29) is 11.3 Å². The van der Waals surface area contributed by atoms with E-state index in [1.165, 1.54) is 5.56 Å². The van der Waals surface area contributed by atoms with Crippen LogP contribution in [0.4, 0.5) is 0 Å². The molecular weight excluding hydrogens is 250 g/mol. The van der Waals surface area contributed by atoms with Crippen molar-refractivity contribution in [3.63, 3.8) is 0 Å². The van der Waals surface area contributed by atoms with Gasteiger partial charge in [-0.25, -0.2) is 0 Å². The molecule has 1 aromatic heterocycles. The Morgan fingerprint density at radius 3 is 2.50 bits per heavy atom. The lowest BCUT2D eigenvalue weighted by molar-refractivity contribution is 0.332. The summed E-state index contributed by atoms with van der Waals surface area (Å²) in [4.78, 5) is 4.67. The first kappa shape index (κ1) is 13.3. The van der Waals surface area contributed by atoms with Crippen LogP contribution in [0.2, 0.25) is 0 Å². The number of aromatic nitrogens is 2. The van der Waals surface area contributed by atoms with E-state index in [9.17, 15) is 0 Å². The van der Waals surface area contributed by atoms with Crippen LogP contribution in [0.25, 0.3) is 0 Å². The minimum atomic E-state index is -0.00832. The summed E-state index contributed by atoms with van der Waals surface area (Å²) in [5.41, 5.74) is 1.28. The SMILES string of the molecule is CNC(C)C(C)c1nc(C2(c3ccccc3)CC2)no1. The van der Waals surface area contributed by atoms with Crippen LogP contribution >= 0.6 is 0 Å². The van der Waals surface area contributed by atoms with Gasteiger partial charge in [-0.05, 0) is 32.4 Å². The largest absolute Gasteiger partial charge is 0.339 e. The van der Waals surface area contributed by atoms with Crippen molar-refractivity contribution in [2.75, 3.05) is 7.05 Å². The van der Waals surface area contributed by atoms with E-state index in [1.807, 2.05) is 13.1 Å². The summed E-state index contributed by atoms with van der Waals surface area (Å²) in [6, 6.07) is 10.8. The van der Waals surface area contributed by atoms with Gasteiger partial charge < -0.3 is 9.84 Å². The Kier molecular flexibility index (Phi) is 3.34. The van der Waals surface area contributed by atoms with Crippen LogP contribution in [0.3, 0.4) is 0 Å². The molecule has 1 N–H and O–H groups in total. The van der Waals surface area contributed by atoms with Gasteiger partial charge in [0, 0.05) is 6.04 Å². The molecule has 0 radical (unpaired) electrons. The van der Waals surface area contributed by atoms with Crippen LogP contribution < -0.4 is 5.32 Å². The van der Waals surface area contributed by atoms with Crippen molar-refractivity contribution < 1.29 is 4.52 Å². The Morgan fingerprint density at radius 1 is 1.20 bits per heavy atom. The smallest absolute Gasteiger partial charge is 0.231 e. The first-order valence-electron chi connectivity index (χ1n) is 7.24. The third-order valence-electron chi connectivity index (χ3n) is 4.54. The van der Waals surface area contributed by atoms with Crippen LogP contribution in [0, 0.1) is 0 Å². The highest BCUT2D eigenvalue weighted by molar-refractivity contribution is 5.38. The molecule has 20 heavy (non-hydrogen) atoms. The lowest BCUT2D eigenvalue weighted by Gasteiger charge is -2.14. The Bertz CT molecular complexity index is 574. The van der Waals surface area contributed by atoms with E-state index in [2.05, 4.69) is 53.6 Å². The number of hydrogen-bond donors (Lipinski definition) is 1. The van der Waals surface area contributed by atoms with E-state index in [4.69, 9.17) is 4.52 Å². The second-order valence-corrected chi connectivity index (χ2v) is 5.77. The number of benzene rings is 1. The maximum atomic E-state index is 5.50. The summed E-state index contributed by atoms with van der Waals surface area (Å²) in [7, 11) is 1.95. The van der Waals surface area contributed by atoms with Crippen molar-refractivity contribution in [1.82, 2.24) is 15.5 Å². The predicted molar refractivity (Wildman–Crippen MR) is 77.7 cm³/mol. The number of nitrogens with one attached hydrogen (secondary N) is 1. The summed E-state index contributed by atoms with van der Waals surface area (Å²) in [6.07, 6.45) is 2.21. The van der Waals surface area contributed by atoms with E-state index in [0.717, 1.165) is 24.6 Å². The van der Waals surface area contributed by atoms with Crippen LogP contribution in [0.5, 0.6) is 0 Å². The molecule has 2 unspecified atom stereocenters. The fraction of sp³-hybridized carbons (Fsp3) is 0.500. The van der Waals surface area contributed by atoms with Crippen molar-refractivity contribution >= 4 is 0 Å². The molecule has 4 nitrogen and oxygen atoms in total. The molecule has 106 valence electrons. The number of nitrogens with zero attached hydrogens (tertiary/aromatic N) is 2. The van der Waals surface area contributed by atoms with Crippen molar-refractivity contribution in [2.45, 2.75) is 44.1 Å².